The van der Waals surface area contributed by atoms with Gasteiger partial charge in [0.05, 0.1) is 13.0 Å². The van der Waals surface area contributed by atoms with Gasteiger partial charge in [-0.25, -0.2) is 0 Å². The van der Waals surface area contributed by atoms with Crippen LogP contribution in [0.1, 0.15) is 0 Å². The molecule has 0 saturated carbocycles. The molecule has 0 aromatic carbocycles. The highest BCUT2D eigenvalue weighted by molar-refractivity contribution is 6.06. The van der Waals surface area contributed by atoms with Crippen molar-refractivity contribution < 1.29 is 19.4 Å². The second-order valence-electron chi connectivity index (χ2n) is 2.30. The summed E-state index contributed by atoms with van der Waals surface area (Å²) in [5, 5.41) is 9.08. The summed E-state index contributed by atoms with van der Waals surface area (Å²) in [5.74, 6) is -1.72. The van der Waals surface area contributed by atoms with Crippen molar-refractivity contribution in [1.82, 2.24) is 0 Å². The van der Waals surface area contributed by atoms with Crippen LogP contribution in [0.3, 0.4) is 0 Å². The number of methoxy groups -OCH3 is 1. The molecule has 4 heteroatoms. The SMILES string of the molecule is COC1=C(O)C=CC(C=O)C1=O. The summed E-state index contributed by atoms with van der Waals surface area (Å²) in [6.07, 6.45) is 3.11. The molecule has 0 fully saturated rings. The minimum Gasteiger partial charge on any atom is -0.504 e. The maximum atomic E-state index is 11.2. The maximum Gasteiger partial charge on any atom is 0.215 e. The Hall–Kier alpha value is -1.58. The fourth-order valence-corrected chi connectivity index (χ4v) is 0.948. The summed E-state index contributed by atoms with van der Waals surface area (Å²) >= 11 is 0. The quantitative estimate of drug-likeness (QED) is 0.477. The van der Waals surface area contributed by atoms with Crippen LogP contribution in [-0.2, 0) is 14.3 Å². The summed E-state index contributed by atoms with van der Waals surface area (Å²) in [4.78, 5) is 21.5. The number of ketones is 1. The Morgan fingerprint density at radius 3 is 2.83 bits per heavy atom. The number of aldehydes is 1. The zero-order valence-corrected chi connectivity index (χ0v) is 6.48. The highest BCUT2D eigenvalue weighted by Gasteiger charge is 2.26. The summed E-state index contributed by atoms with van der Waals surface area (Å²) in [6, 6.07) is 0. The number of rotatable bonds is 2. The average molecular weight is 168 g/mol. The summed E-state index contributed by atoms with van der Waals surface area (Å²) < 4.78 is 4.62. The molecule has 0 bridgehead atoms. The van der Waals surface area contributed by atoms with E-state index in [1.54, 1.807) is 0 Å². The van der Waals surface area contributed by atoms with Crippen LogP contribution in [0.2, 0.25) is 0 Å². The molecule has 0 radical (unpaired) electrons. The Morgan fingerprint density at radius 1 is 1.67 bits per heavy atom. The molecule has 12 heavy (non-hydrogen) atoms. The van der Waals surface area contributed by atoms with E-state index in [0.29, 0.717) is 6.29 Å². The third-order valence-electron chi connectivity index (χ3n) is 1.57. The molecule has 1 aliphatic carbocycles. The Labute approximate surface area is 69.1 Å². The summed E-state index contributed by atoms with van der Waals surface area (Å²) in [6.45, 7) is 0. The number of carbonyl (C=O) groups excluding carboxylic acids is 2. The van der Waals surface area contributed by atoms with E-state index in [1.807, 2.05) is 0 Å². The number of aliphatic hydroxyl groups excluding tert-OH is 1. The van der Waals surface area contributed by atoms with Gasteiger partial charge in [-0.05, 0) is 6.08 Å². The zero-order valence-electron chi connectivity index (χ0n) is 6.48. The van der Waals surface area contributed by atoms with Crippen LogP contribution in [0.4, 0.5) is 0 Å². The molecule has 1 N–H and O–H groups in total. The fourth-order valence-electron chi connectivity index (χ4n) is 0.948. The first kappa shape index (κ1) is 8.52. The Balaban J connectivity index is 3.01. The van der Waals surface area contributed by atoms with Crippen LogP contribution >= 0.6 is 0 Å². The van der Waals surface area contributed by atoms with E-state index in [2.05, 4.69) is 4.74 Å². The van der Waals surface area contributed by atoms with Gasteiger partial charge in [-0.3, -0.25) is 4.79 Å². The monoisotopic (exact) mass is 168 g/mol. The van der Waals surface area contributed by atoms with Crippen molar-refractivity contribution in [2.75, 3.05) is 7.11 Å². The first-order chi connectivity index (χ1) is 5.70. The highest BCUT2D eigenvalue weighted by atomic mass is 16.5. The largest absolute Gasteiger partial charge is 0.504 e. The van der Waals surface area contributed by atoms with Crippen LogP contribution < -0.4 is 0 Å². The summed E-state index contributed by atoms with van der Waals surface area (Å²) in [5.41, 5.74) is 0. The van der Waals surface area contributed by atoms with E-state index < -0.39 is 11.7 Å². The van der Waals surface area contributed by atoms with E-state index >= 15 is 0 Å². The molecule has 0 spiro atoms. The second kappa shape index (κ2) is 3.21. The number of aliphatic hydroxyl groups is 1. The van der Waals surface area contributed by atoms with Crippen molar-refractivity contribution in [2.45, 2.75) is 0 Å². The second-order valence-corrected chi connectivity index (χ2v) is 2.30. The van der Waals surface area contributed by atoms with Gasteiger partial charge in [0.2, 0.25) is 11.5 Å². The predicted molar refractivity (Wildman–Crippen MR) is 40.4 cm³/mol. The number of Topliss-reactive ketones (excluding diaryl/α,β-unsaturated/α-hetero) is 1. The first-order valence-electron chi connectivity index (χ1n) is 3.35. The molecule has 0 saturated heterocycles. The van der Waals surface area contributed by atoms with Gasteiger partial charge in [0.25, 0.3) is 0 Å². The van der Waals surface area contributed by atoms with Gasteiger partial charge in [0.15, 0.2) is 5.76 Å². The molecule has 0 aromatic heterocycles. The van der Waals surface area contributed by atoms with E-state index in [4.69, 9.17) is 5.11 Å². The number of hydrogen-bond donors (Lipinski definition) is 1. The number of carbonyl (C=O) groups is 2. The van der Waals surface area contributed by atoms with Crippen LogP contribution in [0, 0.1) is 5.92 Å². The lowest BCUT2D eigenvalue weighted by Crippen LogP contribution is -2.21. The lowest BCUT2D eigenvalue weighted by Gasteiger charge is -2.12. The minimum absolute atomic E-state index is 0.158. The van der Waals surface area contributed by atoms with Crippen molar-refractivity contribution in [3.05, 3.63) is 23.7 Å². The first-order valence-corrected chi connectivity index (χ1v) is 3.35. The molecular formula is C8H8O4. The lowest BCUT2D eigenvalue weighted by atomic mass is 9.99. The Morgan fingerprint density at radius 2 is 2.33 bits per heavy atom. The van der Waals surface area contributed by atoms with Gasteiger partial charge in [-0.1, -0.05) is 6.08 Å². The zero-order chi connectivity index (χ0) is 9.14. The van der Waals surface area contributed by atoms with Crippen LogP contribution in [0.25, 0.3) is 0 Å². The standard InChI is InChI=1S/C8H8O4/c1-12-8-6(10)3-2-5(4-9)7(8)11/h2-5,10H,1H3. The molecule has 1 rings (SSSR count). The van der Waals surface area contributed by atoms with E-state index in [-0.39, 0.29) is 11.5 Å². The lowest BCUT2D eigenvalue weighted by molar-refractivity contribution is -0.125. The maximum absolute atomic E-state index is 11.2. The van der Waals surface area contributed by atoms with Gasteiger partial charge >= 0.3 is 0 Å². The molecule has 0 heterocycles. The van der Waals surface area contributed by atoms with Gasteiger partial charge in [-0.15, -0.1) is 0 Å². The van der Waals surface area contributed by atoms with E-state index in [1.165, 1.54) is 19.3 Å². The smallest absolute Gasteiger partial charge is 0.215 e. The van der Waals surface area contributed by atoms with Crippen molar-refractivity contribution >= 4 is 12.1 Å². The van der Waals surface area contributed by atoms with Gasteiger partial charge < -0.3 is 14.6 Å². The molecule has 1 atom stereocenters. The average Bonchev–Trinajstić information content (AvgIpc) is 2.06. The normalized spacial score (nSPS) is 22.8. The number of ether oxygens (including phenoxy) is 1. The van der Waals surface area contributed by atoms with Gasteiger partial charge in [0, 0.05) is 0 Å². The fraction of sp³-hybridized carbons (Fsp3) is 0.250. The molecular weight excluding hydrogens is 160 g/mol. The molecule has 0 amide bonds. The van der Waals surface area contributed by atoms with Crippen LogP contribution in [-0.4, -0.2) is 24.3 Å². The third-order valence-corrected chi connectivity index (χ3v) is 1.57. The third kappa shape index (κ3) is 1.23. The molecule has 1 unspecified atom stereocenters. The molecule has 4 nitrogen and oxygen atoms in total. The molecule has 0 aromatic rings. The predicted octanol–water partition coefficient (Wildman–Crippen LogP) is 0.356. The van der Waals surface area contributed by atoms with E-state index in [0.717, 1.165) is 0 Å². The topological polar surface area (TPSA) is 63.6 Å². The van der Waals surface area contributed by atoms with Crippen LogP contribution in [0.5, 0.6) is 0 Å². The molecule has 64 valence electrons. The molecule has 1 aliphatic rings. The number of hydrogen-bond acceptors (Lipinski definition) is 4. The van der Waals surface area contributed by atoms with Crippen molar-refractivity contribution in [3.63, 3.8) is 0 Å². The number of allylic oxidation sites excluding steroid dienone is 3. The van der Waals surface area contributed by atoms with Crippen molar-refractivity contribution in [1.29, 1.82) is 0 Å². The van der Waals surface area contributed by atoms with Gasteiger partial charge in [-0.2, -0.15) is 0 Å². The van der Waals surface area contributed by atoms with Crippen molar-refractivity contribution in [2.24, 2.45) is 5.92 Å². The highest BCUT2D eigenvalue weighted by Crippen LogP contribution is 2.17. The van der Waals surface area contributed by atoms with Gasteiger partial charge in [0.1, 0.15) is 6.29 Å². The molecule has 0 aliphatic heterocycles. The summed E-state index contributed by atoms with van der Waals surface area (Å²) in [7, 11) is 1.27. The Kier molecular flexibility index (Phi) is 2.28. The minimum atomic E-state index is -0.823. The van der Waals surface area contributed by atoms with Crippen molar-refractivity contribution in [3.8, 4) is 0 Å². The van der Waals surface area contributed by atoms with Crippen LogP contribution in [0.15, 0.2) is 23.7 Å². The van der Waals surface area contributed by atoms with E-state index in [9.17, 15) is 9.59 Å². The Bertz CT molecular complexity index is 275.